The lowest BCUT2D eigenvalue weighted by Crippen LogP contribution is -2.03. The third-order valence-electron chi connectivity index (χ3n) is 1.67. The first-order chi connectivity index (χ1) is 6.63. The lowest BCUT2D eigenvalue weighted by atomic mass is 10.3. The van der Waals surface area contributed by atoms with Gasteiger partial charge in [0, 0.05) is 0 Å². The minimum Gasteiger partial charge on any atom is -0.468 e. The van der Waals surface area contributed by atoms with Crippen molar-refractivity contribution in [1.82, 2.24) is 4.98 Å². The van der Waals surface area contributed by atoms with Crippen molar-refractivity contribution in [1.29, 1.82) is 0 Å². The molecular formula is C9H12N2O2S. The second-order valence-electron chi connectivity index (χ2n) is 2.69. The molecule has 0 aliphatic rings. The number of carbonyl (C=O) groups is 1. The number of hydrogen-bond acceptors (Lipinski definition) is 5. The molecule has 1 aromatic heterocycles. The van der Waals surface area contributed by atoms with E-state index in [1.807, 2.05) is 6.92 Å². The molecule has 0 unspecified atom stereocenters. The molecule has 0 aliphatic carbocycles. The molecular weight excluding hydrogens is 200 g/mol. The van der Waals surface area contributed by atoms with Crippen molar-refractivity contribution in [2.75, 3.05) is 18.6 Å². The van der Waals surface area contributed by atoms with Crippen LogP contribution >= 0.6 is 11.8 Å². The Bertz CT molecular complexity index is 342. The number of nitrogen functional groups attached to an aromatic ring is 1. The maximum atomic E-state index is 10.8. The summed E-state index contributed by atoms with van der Waals surface area (Å²) in [5.41, 5.74) is 7.04. The zero-order chi connectivity index (χ0) is 10.6. The minimum atomic E-state index is -0.258. The summed E-state index contributed by atoms with van der Waals surface area (Å²) in [6, 6.07) is 3.57. The number of esters is 1. The summed E-state index contributed by atoms with van der Waals surface area (Å²) in [7, 11) is 1.37. The summed E-state index contributed by atoms with van der Waals surface area (Å²) in [5.74, 6) is 0.0126. The van der Waals surface area contributed by atoms with Crippen LogP contribution in [0.5, 0.6) is 0 Å². The number of carbonyl (C=O) groups excluding carboxylic acids is 1. The predicted octanol–water partition coefficient (Wildman–Crippen LogP) is 1.24. The van der Waals surface area contributed by atoms with Crippen LogP contribution in [0.25, 0.3) is 0 Å². The summed E-state index contributed by atoms with van der Waals surface area (Å²) in [5, 5.41) is 0.780. The van der Waals surface area contributed by atoms with Gasteiger partial charge < -0.3 is 10.5 Å². The van der Waals surface area contributed by atoms with Gasteiger partial charge in [0.25, 0.3) is 0 Å². The maximum Gasteiger partial charge on any atom is 0.316 e. The molecule has 0 spiro atoms. The van der Waals surface area contributed by atoms with E-state index >= 15 is 0 Å². The summed E-state index contributed by atoms with van der Waals surface area (Å²) < 4.78 is 4.51. The standard InChI is InChI=1S/C9H12N2O2S/c1-6-7(10)3-4-8(11-6)14-5-9(12)13-2/h3-4H,5,10H2,1-2H3. The van der Waals surface area contributed by atoms with Crippen LogP contribution in [-0.2, 0) is 9.53 Å². The Morgan fingerprint density at radius 1 is 1.64 bits per heavy atom. The van der Waals surface area contributed by atoms with Gasteiger partial charge in [0.2, 0.25) is 0 Å². The summed E-state index contributed by atoms with van der Waals surface area (Å²) >= 11 is 1.33. The van der Waals surface area contributed by atoms with Crippen LogP contribution in [0.4, 0.5) is 5.69 Å². The molecule has 76 valence electrons. The van der Waals surface area contributed by atoms with Gasteiger partial charge >= 0.3 is 5.97 Å². The van der Waals surface area contributed by atoms with Crippen molar-refractivity contribution >= 4 is 23.4 Å². The summed E-state index contributed by atoms with van der Waals surface area (Å²) in [4.78, 5) is 15.1. The normalized spacial score (nSPS) is 9.86. The van der Waals surface area contributed by atoms with Crippen LogP contribution in [0.15, 0.2) is 17.2 Å². The minimum absolute atomic E-state index is 0.258. The molecule has 1 rings (SSSR count). The van der Waals surface area contributed by atoms with Crippen LogP contribution in [0.3, 0.4) is 0 Å². The van der Waals surface area contributed by atoms with E-state index in [1.54, 1.807) is 12.1 Å². The Morgan fingerprint density at radius 3 is 2.93 bits per heavy atom. The van der Waals surface area contributed by atoms with Crippen molar-refractivity contribution in [3.05, 3.63) is 17.8 Å². The number of methoxy groups -OCH3 is 1. The second-order valence-corrected chi connectivity index (χ2v) is 3.68. The molecule has 0 radical (unpaired) electrons. The number of hydrogen-bond donors (Lipinski definition) is 1. The largest absolute Gasteiger partial charge is 0.468 e. The number of anilines is 1. The van der Waals surface area contributed by atoms with E-state index in [9.17, 15) is 4.79 Å². The predicted molar refractivity (Wildman–Crippen MR) is 56.1 cm³/mol. The number of thioether (sulfide) groups is 1. The zero-order valence-electron chi connectivity index (χ0n) is 8.11. The van der Waals surface area contributed by atoms with Gasteiger partial charge in [0.05, 0.1) is 29.3 Å². The Morgan fingerprint density at radius 2 is 2.36 bits per heavy atom. The second kappa shape index (κ2) is 4.85. The Labute approximate surface area is 86.8 Å². The van der Waals surface area contributed by atoms with Crippen molar-refractivity contribution in [3.63, 3.8) is 0 Å². The van der Waals surface area contributed by atoms with Gasteiger partial charge in [-0.15, -0.1) is 0 Å². The van der Waals surface area contributed by atoms with E-state index < -0.39 is 0 Å². The fourth-order valence-electron chi connectivity index (χ4n) is 0.821. The molecule has 4 nitrogen and oxygen atoms in total. The van der Waals surface area contributed by atoms with Crippen molar-refractivity contribution in [3.8, 4) is 0 Å². The number of aromatic nitrogens is 1. The molecule has 5 heteroatoms. The van der Waals surface area contributed by atoms with Gasteiger partial charge in [0.15, 0.2) is 0 Å². The number of ether oxygens (including phenoxy) is 1. The highest BCUT2D eigenvalue weighted by Crippen LogP contribution is 2.18. The quantitative estimate of drug-likeness (QED) is 0.603. The van der Waals surface area contributed by atoms with Gasteiger partial charge in [-0.1, -0.05) is 11.8 Å². The SMILES string of the molecule is COC(=O)CSc1ccc(N)c(C)n1. The third kappa shape index (κ3) is 2.92. The molecule has 2 N–H and O–H groups in total. The molecule has 0 saturated heterocycles. The van der Waals surface area contributed by atoms with Crippen molar-refractivity contribution < 1.29 is 9.53 Å². The number of rotatable bonds is 3. The smallest absolute Gasteiger partial charge is 0.316 e. The first-order valence-electron chi connectivity index (χ1n) is 4.06. The number of pyridine rings is 1. The van der Waals surface area contributed by atoms with E-state index in [1.165, 1.54) is 18.9 Å². The van der Waals surface area contributed by atoms with Gasteiger partial charge in [-0.3, -0.25) is 4.79 Å². The Hall–Kier alpha value is -1.23. The highest BCUT2D eigenvalue weighted by atomic mass is 32.2. The van der Waals surface area contributed by atoms with Crippen LogP contribution in [0, 0.1) is 6.92 Å². The van der Waals surface area contributed by atoms with Gasteiger partial charge in [-0.2, -0.15) is 0 Å². The summed E-state index contributed by atoms with van der Waals surface area (Å²) in [6.07, 6.45) is 0. The van der Waals surface area contributed by atoms with E-state index in [4.69, 9.17) is 5.73 Å². The van der Waals surface area contributed by atoms with Gasteiger partial charge in [-0.25, -0.2) is 4.98 Å². The van der Waals surface area contributed by atoms with Crippen molar-refractivity contribution in [2.45, 2.75) is 11.9 Å². The fraction of sp³-hybridized carbons (Fsp3) is 0.333. The Balaban J connectivity index is 2.60. The molecule has 1 aromatic rings. The molecule has 0 fully saturated rings. The molecule has 0 atom stereocenters. The highest BCUT2D eigenvalue weighted by molar-refractivity contribution is 7.99. The maximum absolute atomic E-state index is 10.8. The zero-order valence-corrected chi connectivity index (χ0v) is 8.93. The van der Waals surface area contributed by atoms with E-state index in [2.05, 4.69) is 9.72 Å². The Kier molecular flexibility index (Phi) is 3.76. The summed E-state index contributed by atoms with van der Waals surface area (Å²) in [6.45, 7) is 1.83. The number of aryl methyl sites for hydroxylation is 1. The number of nitrogens with two attached hydrogens (primary N) is 1. The molecule has 0 amide bonds. The lowest BCUT2D eigenvalue weighted by molar-refractivity contribution is -0.137. The molecule has 0 bridgehead atoms. The van der Waals surface area contributed by atoms with Gasteiger partial charge in [0.1, 0.15) is 0 Å². The van der Waals surface area contributed by atoms with Gasteiger partial charge in [-0.05, 0) is 19.1 Å². The van der Waals surface area contributed by atoms with E-state index in [-0.39, 0.29) is 11.7 Å². The van der Waals surface area contributed by atoms with E-state index in [0.29, 0.717) is 5.69 Å². The first-order valence-corrected chi connectivity index (χ1v) is 5.05. The average molecular weight is 212 g/mol. The topological polar surface area (TPSA) is 65.2 Å². The number of nitrogens with zero attached hydrogens (tertiary/aromatic N) is 1. The molecule has 0 aromatic carbocycles. The molecule has 14 heavy (non-hydrogen) atoms. The highest BCUT2D eigenvalue weighted by Gasteiger charge is 2.03. The van der Waals surface area contributed by atoms with Crippen LogP contribution in [0.2, 0.25) is 0 Å². The van der Waals surface area contributed by atoms with Crippen LogP contribution in [-0.4, -0.2) is 23.8 Å². The lowest BCUT2D eigenvalue weighted by Gasteiger charge is -2.02. The molecule has 0 saturated carbocycles. The van der Waals surface area contributed by atoms with Crippen molar-refractivity contribution in [2.24, 2.45) is 0 Å². The van der Waals surface area contributed by atoms with E-state index in [0.717, 1.165) is 10.7 Å². The van der Waals surface area contributed by atoms with Crippen LogP contribution in [0.1, 0.15) is 5.69 Å². The van der Waals surface area contributed by atoms with Crippen LogP contribution < -0.4 is 5.73 Å². The average Bonchev–Trinajstić information content (AvgIpc) is 2.19. The monoisotopic (exact) mass is 212 g/mol. The fourth-order valence-corrected chi connectivity index (χ4v) is 1.57. The molecule has 0 aliphatic heterocycles. The molecule has 1 heterocycles. The first kappa shape index (κ1) is 10.8. The third-order valence-corrected chi connectivity index (χ3v) is 2.57.